The quantitative estimate of drug-likeness (QED) is 0.452. The molecule has 2 saturated carbocycles. The van der Waals surface area contributed by atoms with Gasteiger partial charge in [-0.05, 0) is 110 Å². The fraction of sp³-hybridized carbons (Fsp3) is 0.618. The number of rotatable bonds is 4. The summed E-state index contributed by atoms with van der Waals surface area (Å²) >= 11 is 0. The van der Waals surface area contributed by atoms with Gasteiger partial charge in [0.25, 0.3) is 0 Å². The molecule has 6 aliphatic rings. The SMILES string of the molecule is CN(CC1(C)COC1)C1CCC2=CC3=CC[C@]4(C)C(c5ccc6ccncc6c5)CC[C@H]4[C@@]34CC[C@]2(C1)O4. The second-order valence-electron chi connectivity index (χ2n) is 14.3. The van der Waals surface area contributed by atoms with Crippen molar-refractivity contribution < 1.29 is 9.47 Å². The lowest BCUT2D eigenvalue weighted by Crippen LogP contribution is -2.56. The minimum atomic E-state index is -0.0854. The third-order valence-corrected chi connectivity index (χ3v) is 11.9. The molecule has 2 aromatic rings. The summed E-state index contributed by atoms with van der Waals surface area (Å²) in [7, 11) is 2.34. The highest BCUT2D eigenvalue weighted by Crippen LogP contribution is 2.69. The van der Waals surface area contributed by atoms with Crippen molar-refractivity contribution in [3.05, 3.63) is 65.5 Å². The molecule has 2 unspecified atom stereocenters. The highest BCUT2D eigenvalue weighted by atomic mass is 16.5. The van der Waals surface area contributed by atoms with Gasteiger partial charge in [-0.3, -0.25) is 4.98 Å². The molecule has 2 spiro atoms. The Morgan fingerprint density at radius 3 is 2.79 bits per heavy atom. The highest BCUT2D eigenvalue weighted by molar-refractivity contribution is 5.82. The van der Waals surface area contributed by atoms with Crippen LogP contribution in [0.4, 0.5) is 0 Å². The van der Waals surface area contributed by atoms with E-state index in [1.807, 2.05) is 12.4 Å². The third-order valence-electron chi connectivity index (χ3n) is 11.9. The molecule has 1 aromatic heterocycles. The number of allylic oxidation sites excluding steroid dienone is 1. The zero-order valence-electron chi connectivity index (χ0n) is 23.3. The molecule has 2 saturated heterocycles. The molecule has 0 amide bonds. The molecule has 8 rings (SSSR count). The van der Waals surface area contributed by atoms with E-state index in [0.717, 1.165) is 32.6 Å². The van der Waals surface area contributed by atoms with Crippen LogP contribution in [-0.4, -0.2) is 53.9 Å². The molecule has 38 heavy (non-hydrogen) atoms. The van der Waals surface area contributed by atoms with Gasteiger partial charge in [0.2, 0.25) is 0 Å². The molecule has 3 aliphatic carbocycles. The van der Waals surface area contributed by atoms with Crippen molar-refractivity contribution in [2.24, 2.45) is 16.7 Å². The Hall–Kier alpha value is -2.01. The van der Waals surface area contributed by atoms with E-state index >= 15 is 0 Å². The summed E-state index contributed by atoms with van der Waals surface area (Å²) in [5.41, 5.74) is 5.05. The number of hydrogen-bond acceptors (Lipinski definition) is 4. The predicted molar refractivity (Wildman–Crippen MR) is 151 cm³/mol. The Morgan fingerprint density at radius 2 is 1.95 bits per heavy atom. The average molecular weight is 511 g/mol. The van der Waals surface area contributed by atoms with Gasteiger partial charge in [0.05, 0.1) is 24.4 Å². The van der Waals surface area contributed by atoms with Crippen molar-refractivity contribution in [3.63, 3.8) is 0 Å². The lowest BCUT2D eigenvalue weighted by atomic mass is 9.58. The average Bonchev–Trinajstić information content (AvgIpc) is 3.42. The topological polar surface area (TPSA) is 34.6 Å². The van der Waals surface area contributed by atoms with E-state index in [0.29, 0.717) is 23.3 Å². The van der Waals surface area contributed by atoms with Gasteiger partial charge in [0, 0.05) is 35.8 Å². The van der Waals surface area contributed by atoms with Crippen LogP contribution in [0.3, 0.4) is 0 Å². The minimum Gasteiger partial charge on any atom is -0.380 e. The van der Waals surface area contributed by atoms with E-state index in [-0.39, 0.29) is 16.6 Å². The first-order chi connectivity index (χ1) is 18.3. The van der Waals surface area contributed by atoms with Crippen LogP contribution in [0.15, 0.2) is 60.0 Å². The van der Waals surface area contributed by atoms with Crippen molar-refractivity contribution >= 4 is 10.8 Å². The zero-order valence-corrected chi connectivity index (χ0v) is 23.3. The van der Waals surface area contributed by atoms with Crippen molar-refractivity contribution in [3.8, 4) is 0 Å². The Labute approximate surface area is 227 Å². The van der Waals surface area contributed by atoms with Crippen LogP contribution < -0.4 is 0 Å². The maximum Gasteiger partial charge on any atom is 0.0974 e. The molecule has 2 bridgehead atoms. The van der Waals surface area contributed by atoms with Crippen LogP contribution in [0.2, 0.25) is 0 Å². The maximum atomic E-state index is 7.57. The van der Waals surface area contributed by atoms with E-state index in [2.05, 4.69) is 67.2 Å². The van der Waals surface area contributed by atoms with Gasteiger partial charge in [-0.15, -0.1) is 0 Å². The second-order valence-corrected chi connectivity index (χ2v) is 14.3. The van der Waals surface area contributed by atoms with Crippen LogP contribution in [0, 0.1) is 16.7 Å². The van der Waals surface area contributed by atoms with E-state index in [9.17, 15) is 0 Å². The summed E-state index contributed by atoms with van der Waals surface area (Å²) in [6, 6.07) is 9.84. The number of pyridine rings is 1. The summed E-state index contributed by atoms with van der Waals surface area (Å²) in [5.74, 6) is 1.16. The molecule has 4 heteroatoms. The number of aromatic nitrogens is 1. The largest absolute Gasteiger partial charge is 0.380 e. The molecule has 4 heterocycles. The Bertz CT molecular complexity index is 1360. The van der Waals surface area contributed by atoms with Gasteiger partial charge in [0.1, 0.15) is 0 Å². The van der Waals surface area contributed by atoms with Crippen LogP contribution in [0.25, 0.3) is 10.8 Å². The van der Waals surface area contributed by atoms with Gasteiger partial charge in [-0.1, -0.05) is 38.1 Å². The molecule has 6 atom stereocenters. The highest BCUT2D eigenvalue weighted by Gasteiger charge is 2.66. The number of benzene rings is 1. The first-order valence-electron chi connectivity index (χ1n) is 15.1. The number of fused-ring (bicyclic) bond motifs is 2. The summed E-state index contributed by atoms with van der Waals surface area (Å²) in [6.45, 7) is 7.90. The summed E-state index contributed by atoms with van der Waals surface area (Å²) in [4.78, 5) is 7.04. The first kappa shape index (κ1) is 23.8. The predicted octanol–water partition coefficient (Wildman–Crippen LogP) is 6.81. The third kappa shape index (κ3) is 3.23. The van der Waals surface area contributed by atoms with E-state index in [1.54, 1.807) is 5.57 Å². The number of hydrogen-bond donors (Lipinski definition) is 0. The van der Waals surface area contributed by atoms with Crippen LogP contribution in [0.1, 0.15) is 76.7 Å². The van der Waals surface area contributed by atoms with Crippen molar-refractivity contribution in [2.45, 2.75) is 88.4 Å². The summed E-state index contributed by atoms with van der Waals surface area (Å²) in [5, 5.41) is 2.55. The molecule has 0 radical (unpaired) electrons. The van der Waals surface area contributed by atoms with Crippen LogP contribution in [-0.2, 0) is 9.47 Å². The van der Waals surface area contributed by atoms with Crippen LogP contribution in [0.5, 0.6) is 0 Å². The van der Waals surface area contributed by atoms with Crippen molar-refractivity contribution in [1.82, 2.24) is 9.88 Å². The molecule has 4 fully saturated rings. The van der Waals surface area contributed by atoms with Gasteiger partial charge in [-0.25, -0.2) is 0 Å². The van der Waals surface area contributed by atoms with Gasteiger partial charge in [-0.2, -0.15) is 0 Å². The first-order valence-corrected chi connectivity index (χ1v) is 15.1. The van der Waals surface area contributed by atoms with Crippen molar-refractivity contribution in [2.75, 3.05) is 26.8 Å². The molecular weight excluding hydrogens is 468 g/mol. The number of nitrogens with zero attached hydrogens (tertiary/aromatic N) is 2. The normalized spacial score (nSPS) is 40.7. The smallest absolute Gasteiger partial charge is 0.0974 e. The minimum absolute atomic E-state index is 0.0451. The maximum absolute atomic E-state index is 7.57. The molecule has 200 valence electrons. The van der Waals surface area contributed by atoms with Crippen molar-refractivity contribution in [1.29, 1.82) is 0 Å². The second kappa shape index (κ2) is 8.02. The molecule has 0 N–H and O–H groups in total. The lowest BCUT2D eigenvalue weighted by Gasteiger charge is -2.55. The molecule has 3 aliphatic heterocycles. The lowest BCUT2D eigenvalue weighted by molar-refractivity contribution is -0.147. The Kier molecular flexibility index (Phi) is 5.03. The summed E-state index contributed by atoms with van der Waals surface area (Å²) < 4.78 is 13.1. The number of ether oxygens (including phenoxy) is 2. The van der Waals surface area contributed by atoms with Gasteiger partial charge in [0.15, 0.2) is 0 Å². The van der Waals surface area contributed by atoms with Gasteiger partial charge < -0.3 is 14.4 Å². The van der Waals surface area contributed by atoms with E-state index in [1.165, 1.54) is 60.4 Å². The molecule has 4 nitrogen and oxygen atoms in total. The van der Waals surface area contributed by atoms with E-state index < -0.39 is 0 Å². The van der Waals surface area contributed by atoms with E-state index in [4.69, 9.17) is 9.47 Å². The van der Waals surface area contributed by atoms with Gasteiger partial charge >= 0.3 is 0 Å². The standard InChI is InChI=1S/C34H42N2O2/c1-31(21-37-22-31)20-36(3)28-7-6-26-17-27-10-12-32(2)29(24-5-4-23-11-15-35-19-25(23)16-24)8-9-30(32)34(27)14-13-33(26,18-28)38-34/h4-5,10-11,15-17,19,28-30H,6-9,12-14,18,20-22H2,1-3H3/t28?,29?,30-,32-,33-,34-/m1/s1. The molecule has 1 aromatic carbocycles. The molecular formula is C34H42N2O2. The van der Waals surface area contributed by atoms with Crippen LogP contribution >= 0.6 is 0 Å². The Balaban J connectivity index is 1.10. The zero-order chi connectivity index (χ0) is 25.8. The fourth-order valence-electron chi connectivity index (χ4n) is 9.90. The summed E-state index contributed by atoms with van der Waals surface area (Å²) in [6.07, 6.45) is 18.8. The Morgan fingerprint density at radius 1 is 1.05 bits per heavy atom. The monoisotopic (exact) mass is 510 g/mol. The fourth-order valence-corrected chi connectivity index (χ4v) is 9.90.